The third-order valence-corrected chi connectivity index (χ3v) is 5.21. The predicted octanol–water partition coefficient (Wildman–Crippen LogP) is 4.70. The minimum absolute atomic E-state index is 0.270. The summed E-state index contributed by atoms with van der Waals surface area (Å²) >= 11 is 3.77. The van der Waals surface area contributed by atoms with Crippen LogP contribution in [0.15, 0.2) is 46.9 Å². The van der Waals surface area contributed by atoms with E-state index >= 15 is 0 Å². The number of nitrogens with zero attached hydrogens (tertiary/aromatic N) is 1. The predicted molar refractivity (Wildman–Crippen MR) is 106 cm³/mol. The molecule has 2 aromatic carbocycles. The summed E-state index contributed by atoms with van der Waals surface area (Å²) < 4.78 is 35.3. The Morgan fingerprint density at radius 1 is 1.16 bits per heavy atom. The number of thiocarbonyl (C=S) groups is 1. The van der Waals surface area contributed by atoms with Gasteiger partial charge < -0.3 is 9.29 Å². The van der Waals surface area contributed by atoms with Gasteiger partial charge in [0.2, 0.25) is 0 Å². The molecule has 2 aromatic rings. The first-order chi connectivity index (χ1) is 11.8. The van der Waals surface area contributed by atoms with Gasteiger partial charge in [0.1, 0.15) is 21.9 Å². The molecule has 132 valence electrons. The van der Waals surface area contributed by atoms with Crippen LogP contribution in [0.3, 0.4) is 0 Å². The maximum Gasteiger partial charge on any atom is 0.191 e. The molecule has 0 aliphatic carbocycles. The smallest absolute Gasteiger partial charge is 0.191 e. The highest BCUT2D eigenvalue weighted by molar-refractivity contribution is 7.91. The fraction of sp³-hybridized carbons (Fsp3) is 0.263. The van der Waals surface area contributed by atoms with Crippen molar-refractivity contribution in [3.63, 3.8) is 0 Å². The van der Waals surface area contributed by atoms with E-state index < -0.39 is 21.9 Å². The van der Waals surface area contributed by atoms with Crippen LogP contribution in [0, 0.1) is 5.82 Å². The molecule has 0 saturated carbocycles. The summed E-state index contributed by atoms with van der Waals surface area (Å²) in [6, 6.07) is 12.1. The van der Waals surface area contributed by atoms with E-state index in [4.69, 9.17) is 17.0 Å². The number of hydrogen-bond donors (Lipinski definition) is 0. The summed E-state index contributed by atoms with van der Waals surface area (Å²) in [5, 5.41) is 0.320. The minimum Gasteiger partial charge on any atom is -0.591 e. The first kappa shape index (κ1) is 19.6. The Balaban J connectivity index is 2.57. The van der Waals surface area contributed by atoms with E-state index in [1.165, 1.54) is 19.4 Å². The zero-order chi connectivity index (χ0) is 18.6. The average molecular weight is 378 g/mol. The summed E-state index contributed by atoms with van der Waals surface area (Å²) in [6.07, 6.45) is 1.33. The van der Waals surface area contributed by atoms with Gasteiger partial charge in [0, 0.05) is 11.1 Å². The maximum absolute atomic E-state index is 14.4. The van der Waals surface area contributed by atoms with Crippen LogP contribution in [0.4, 0.5) is 4.39 Å². The molecule has 0 amide bonds. The Bertz CT molecular complexity index is 800. The van der Waals surface area contributed by atoms with E-state index in [2.05, 4.69) is 4.40 Å². The number of ether oxygens (including phenoxy) is 1. The lowest BCUT2D eigenvalue weighted by Gasteiger charge is -2.18. The van der Waals surface area contributed by atoms with Crippen molar-refractivity contribution in [2.75, 3.05) is 7.11 Å². The second-order valence-electron chi connectivity index (χ2n) is 6.33. The molecule has 1 unspecified atom stereocenters. The van der Waals surface area contributed by atoms with Crippen LogP contribution in [-0.2, 0) is 16.1 Å². The van der Waals surface area contributed by atoms with Gasteiger partial charge in [-0.15, -0.1) is 0 Å². The van der Waals surface area contributed by atoms with Gasteiger partial charge in [-0.1, -0.05) is 34.7 Å². The van der Waals surface area contributed by atoms with Crippen molar-refractivity contribution in [2.24, 2.45) is 4.40 Å². The fourth-order valence-corrected chi connectivity index (χ4v) is 2.86. The van der Waals surface area contributed by atoms with Crippen LogP contribution >= 0.6 is 12.2 Å². The molecule has 0 bridgehead atoms. The summed E-state index contributed by atoms with van der Waals surface area (Å²) in [5.74, 6) is -0.440. The van der Waals surface area contributed by atoms with E-state index in [9.17, 15) is 8.94 Å². The van der Waals surface area contributed by atoms with Crippen LogP contribution < -0.4 is 0 Å². The number of hydrogen-bond acceptors (Lipinski definition) is 4. The molecule has 0 spiro atoms. The Hall–Kier alpha value is -1.76. The van der Waals surface area contributed by atoms with Gasteiger partial charge in [-0.05, 0) is 56.2 Å². The molecule has 0 radical (unpaired) electrons. The lowest BCUT2D eigenvalue weighted by Crippen LogP contribution is -2.25. The molecule has 0 aliphatic heterocycles. The molecule has 2 rings (SSSR count). The fourth-order valence-electron chi connectivity index (χ4n) is 2.17. The van der Waals surface area contributed by atoms with Crippen LogP contribution in [0.2, 0.25) is 0 Å². The molecule has 0 saturated heterocycles. The van der Waals surface area contributed by atoms with E-state index in [1.807, 2.05) is 45.0 Å². The quantitative estimate of drug-likeness (QED) is 0.441. The number of halogens is 1. The zero-order valence-corrected chi connectivity index (χ0v) is 16.2. The average Bonchev–Trinajstić information content (AvgIpc) is 2.58. The van der Waals surface area contributed by atoms with Crippen molar-refractivity contribution < 1.29 is 13.7 Å². The van der Waals surface area contributed by atoms with Crippen molar-refractivity contribution in [2.45, 2.75) is 25.5 Å². The third-order valence-electron chi connectivity index (χ3n) is 3.48. The Morgan fingerprint density at radius 3 is 2.44 bits per heavy atom. The monoisotopic (exact) mass is 377 g/mol. The van der Waals surface area contributed by atoms with Gasteiger partial charge in [0.25, 0.3) is 0 Å². The summed E-state index contributed by atoms with van der Waals surface area (Å²) in [4.78, 5) is 0. The molecule has 0 heterocycles. The van der Waals surface area contributed by atoms with Crippen LogP contribution in [0.1, 0.15) is 31.9 Å². The normalized spacial score (nSPS) is 13.0. The van der Waals surface area contributed by atoms with E-state index in [0.29, 0.717) is 16.2 Å². The second-order valence-corrected chi connectivity index (χ2v) is 8.64. The van der Waals surface area contributed by atoms with Crippen molar-refractivity contribution in [1.29, 1.82) is 0 Å². The number of benzene rings is 2. The van der Waals surface area contributed by atoms with E-state index in [0.717, 1.165) is 5.56 Å². The lowest BCUT2D eigenvalue weighted by atomic mass is 9.95. The Morgan fingerprint density at radius 2 is 1.80 bits per heavy atom. The van der Waals surface area contributed by atoms with E-state index in [-0.39, 0.29) is 5.56 Å². The number of rotatable bonds is 4. The third kappa shape index (κ3) is 4.66. The molecule has 0 aliphatic rings. The molecule has 0 aromatic heterocycles. The maximum atomic E-state index is 14.4. The first-order valence-electron chi connectivity index (χ1n) is 7.68. The van der Waals surface area contributed by atoms with Gasteiger partial charge in [-0.2, -0.15) is 0 Å². The lowest BCUT2D eigenvalue weighted by molar-refractivity contribution is 0.416. The van der Waals surface area contributed by atoms with Crippen molar-refractivity contribution >= 4 is 34.8 Å². The zero-order valence-electron chi connectivity index (χ0n) is 14.6. The highest BCUT2D eigenvalue weighted by Gasteiger charge is 2.26. The van der Waals surface area contributed by atoms with Gasteiger partial charge in [0.15, 0.2) is 5.05 Å². The molecule has 25 heavy (non-hydrogen) atoms. The standard InChI is InChI=1S/C19H20FNO2S2/c1-19(2,3)25(22)21-12-16-14(10-7-11-17(16)20)13-8-5-6-9-15(13)18(24)23-4/h5-12H,1-4H3. The van der Waals surface area contributed by atoms with Gasteiger partial charge in [-0.25, -0.2) is 4.39 Å². The second kappa shape index (κ2) is 8.08. The Kier molecular flexibility index (Phi) is 6.32. The van der Waals surface area contributed by atoms with Gasteiger partial charge in [-0.3, -0.25) is 0 Å². The van der Waals surface area contributed by atoms with Gasteiger partial charge >= 0.3 is 0 Å². The van der Waals surface area contributed by atoms with Crippen LogP contribution in [-0.4, -0.2) is 27.7 Å². The molecule has 6 heteroatoms. The highest BCUT2D eigenvalue weighted by atomic mass is 32.2. The molecule has 3 nitrogen and oxygen atoms in total. The Labute approximate surface area is 156 Å². The summed E-state index contributed by atoms with van der Waals surface area (Å²) in [6.45, 7) is 5.44. The van der Waals surface area contributed by atoms with Crippen molar-refractivity contribution in [1.82, 2.24) is 0 Å². The molecule has 0 N–H and O–H groups in total. The van der Waals surface area contributed by atoms with Crippen molar-refractivity contribution in [3.8, 4) is 11.1 Å². The SMILES string of the molecule is COC(=S)c1ccccc1-c1cccc(F)c1C=N[S+]([O-])C(C)(C)C. The van der Waals surface area contributed by atoms with Crippen molar-refractivity contribution in [3.05, 3.63) is 59.4 Å². The van der Waals surface area contributed by atoms with E-state index in [1.54, 1.807) is 12.1 Å². The molecular weight excluding hydrogens is 357 g/mol. The summed E-state index contributed by atoms with van der Waals surface area (Å²) in [5.41, 5.74) is 2.31. The molecule has 1 atom stereocenters. The largest absolute Gasteiger partial charge is 0.591 e. The van der Waals surface area contributed by atoms with Crippen LogP contribution in [0.25, 0.3) is 11.1 Å². The summed E-state index contributed by atoms with van der Waals surface area (Å²) in [7, 11) is 1.50. The molecular formula is C19H20FNO2S2. The minimum atomic E-state index is -1.47. The molecule has 0 fully saturated rings. The van der Waals surface area contributed by atoms with Gasteiger partial charge in [0.05, 0.1) is 13.3 Å². The van der Waals surface area contributed by atoms with Crippen LogP contribution in [0.5, 0.6) is 0 Å². The number of methoxy groups -OCH3 is 1. The first-order valence-corrected chi connectivity index (χ1v) is 9.19. The highest BCUT2D eigenvalue weighted by Crippen LogP contribution is 2.29. The topological polar surface area (TPSA) is 44.6 Å².